The van der Waals surface area contributed by atoms with Gasteiger partial charge in [0.05, 0.1) is 6.04 Å². The zero-order valence-corrected chi connectivity index (χ0v) is 9.77. The number of carbonyl (C=O) groups excluding carboxylic acids is 2. The molecule has 0 spiro atoms. The summed E-state index contributed by atoms with van der Waals surface area (Å²) in [6.07, 6.45) is 1.34. The maximum Gasteiger partial charge on any atom is 0.335 e. The van der Waals surface area contributed by atoms with E-state index in [0.717, 1.165) is 0 Å². The lowest BCUT2D eigenvalue weighted by Crippen LogP contribution is -2.39. The Morgan fingerprint density at radius 3 is 2.36 bits per heavy atom. The van der Waals surface area contributed by atoms with Gasteiger partial charge < -0.3 is 5.32 Å². The molecule has 2 unspecified atom stereocenters. The van der Waals surface area contributed by atoms with Crippen molar-refractivity contribution in [2.75, 3.05) is 12.8 Å². The number of nitrogens with one attached hydrogen (secondary N) is 1. The van der Waals surface area contributed by atoms with Crippen molar-refractivity contribution in [3.05, 3.63) is 0 Å². The Hall–Kier alpha value is -0.760. The second-order valence-corrected chi connectivity index (χ2v) is 4.92. The van der Waals surface area contributed by atoms with E-state index in [1.54, 1.807) is 13.6 Å². The monoisotopic (exact) mass is 218 g/mol. The lowest BCUT2D eigenvalue weighted by Gasteiger charge is -2.13. The molecule has 0 rings (SSSR count). The largest absolute Gasteiger partial charge is 0.346 e. The fourth-order valence-electron chi connectivity index (χ4n) is 1.12. The third kappa shape index (κ3) is 5.81. The summed E-state index contributed by atoms with van der Waals surface area (Å²) >= 11 is 0. The third-order valence-electron chi connectivity index (χ3n) is 1.85. The van der Waals surface area contributed by atoms with E-state index in [9.17, 15) is 14.2 Å². The SMILES string of the molecule is CCC(=O)C(CC[P+](C)=O)NC(C)=O. The lowest BCUT2D eigenvalue weighted by atomic mass is 10.1. The van der Waals surface area contributed by atoms with Crippen molar-refractivity contribution in [1.29, 1.82) is 0 Å². The van der Waals surface area contributed by atoms with Crippen molar-refractivity contribution in [2.45, 2.75) is 32.7 Å². The number of hydrogen-bond acceptors (Lipinski definition) is 3. The van der Waals surface area contributed by atoms with Gasteiger partial charge in [0.25, 0.3) is 0 Å². The van der Waals surface area contributed by atoms with Crippen LogP contribution in [-0.2, 0) is 14.2 Å². The zero-order valence-electron chi connectivity index (χ0n) is 8.87. The predicted octanol–water partition coefficient (Wildman–Crippen LogP) is 1.32. The van der Waals surface area contributed by atoms with Gasteiger partial charge in [0.2, 0.25) is 5.91 Å². The van der Waals surface area contributed by atoms with E-state index in [0.29, 0.717) is 19.0 Å². The van der Waals surface area contributed by atoms with Crippen molar-refractivity contribution in [2.24, 2.45) is 0 Å². The number of carbonyl (C=O) groups is 2. The van der Waals surface area contributed by atoms with Crippen LogP contribution in [0.5, 0.6) is 0 Å². The molecule has 5 heteroatoms. The van der Waals surface area contributed by atoms with Crippen LogP contribution < -0.4 is 5.32 Å². The quantitative estimate of drug-likeness (QED) is 0.684. The van der Waals surface area contributed by atoms with Crippen LogP contribution in [0.3, 0.4) is 0 Å². The van der Waals surface area contributed by atoms with Crippen molar-refractivity contribution in [1.82, 2.24) is 5.32 Å². The first-order valence-corrected chi connectivity index (χ1v) is 6.54. The van der Waals surface area contributed by atoms with E-state index in [-0.39, 0.29) is 11.7 Å². The molecule has 80 valence electrons. The smallest absolute Gasteiger partial charge is 0.335 e. The molecule has 0 radical (unpaired) electrons. The Balaban J connectivity index is 4.17. The second-order valence-electron chi connectivity index (χ2n) is 3.21. The Labute approximate surface area is 85.2 Å². The summed E-state index contributed by atoms with van der Waals surface area (Å²) in [7, 11) is -1.24. The highest BCUT2D eigenvalue weighted by Gasteiger charge is 2.20. The fourth-order valence-corrected chi connectivity index (χ4v) is 1.74. The minimum Gasteiger partial charge on any atom is -0.346 e. The van der Waals surface area contributed by atoms with Crippen molar-refractivity contribution >= 4 is 19.5 Å². The molecule has 0 aliphatic heterocycles. The summed E-state index contributed by atoms with van der Waals surface area (Å²) in [5.74, 6) is -0.222. The predicted molar refractivity (Wildman–Crippen MR) is 55.9 cm³/mol. The first kappa shape index (κ1) is 13.2. The fraction of sp³-hybridized carbons (Fsp3) is 0.778. The Morgan fingerprint density at radius 1 is 1.43 bits per heavy atom. The summed E-state index contributed by atoms with van der Waals surface area (Å²) in [5, 5.41) is 2.57. The van der Waals surface area contributed by atoms with Gasteiger partial charge in [-0.3, -0.25) is 9.59 Å². The Morgan fingerprint density at radius 2 is 2.00 bits per heavy atom. The molecule has 1 amide bonds. The highest BCUT2D eigenvalue weighted by Crippen LogP contribution is 2.16. The standard InChI is InChI=1S/C9H16NO3P/c1-4-9(12)8(10-7(2)11)5-6-14(3)13/h8H,4-6H2,1-3H3/p+1. The van der Waals surface area contributed by atoms with Gasteiger partial charge in [-0.05, 0) is 0 Å². The van der Waals surface area contributed by atoms with Gasteiger partial charge in [-0.25, -0.2) is 0 Å². The van der Waals surface area contributed by atoms with Crippen molar-refractivity contribution in [3.63, 3.8) is 0 Å². The van der Waals surface area contributed by atoms with Gasteiger partial charge in [0.1, 0.15) is 12.8 Å². The molecule has 0 fully saturated rings. The molecule has 14 heavy (non-hydrogen) atoms. The molecular formula is C9H17NO3P+. The van der Waals surface area contributed by atoms with E-state index in [1.165, 1.54) is 6.92 Å². The summed E-state index contributed by atoms with van der Waals surface area (Å²) in [6, 6.07) is -0.462. The molecule has 0 aromatic heterocycles. The van der Waals surface area contributed by atoms with Crippen molar-refractivity contribution in [3.8, 4) is 0 Å². The molecule has 0 aliphatic carbocycles. The van der Waals surface area contributed by atoms with Crippen LogP contribution in [-0.4, -0.2) is 30.6 Å². The Kier molecular flexibility index (Phi) is 6.30. The number of amides is 1. The molecule has 4 nitrogen and oxygen atoms in total. The third-order valence-corrected chi connectivity index (χ3v) is 2.74. The highest BCUT2D eigenvalue weighted by molar-refractivity contribution is 7.43. The average Bonchev–Trinajstić information content (AvgIpc) is 2.10. The van der Waals surface area contributed by atoms with E-state index >= 15 is 0 Å². The maximum absolute atomic E-state index is 11.4. The maximum atomic E-state index is 11.4. The van der Waals surface area contributed by atoms with Crippen LogP contribution in [0.2, 0.25) is 0 Å². The van der Waals surface area contributed by atoms with Crippen LogP contribution in [0.1, 0.15) is 26.7 Å². The highest BCUT2D eigenvalue weighted by atomic mass is 31.1. The zero-order chi connectivity index (χ0) is 11.1. The number of rotatable bonds is 6. The molecule has 0 aromatic carbocycles. The molecular weight excluding hydrogens is 201 g/mol. The van der Waals surface area contributed by atoms with E-state index in [1.807, 2.05) is 0 Å². The summed E-state index contributed by atoms with van der Waals surface area (Å²) in [6.45, 7) is 4.75. The summed E-state index contributed by atoms with van der Waals surface area (Å²) < 4.78 is 10.9. The Bertz CT molecular complexity index is 240. The van der Waals surface area contributed by atoms with Crippen LogP contribution in [0.25, 0.3) is 0 Å². The average molecular weight is 218 g/mol. The first-order chi connectivity index (χ1) is 6.47. The van der Waals surface area contributed by atoms with Gasteiger partial charge in [-0.15, -0.1) is 0 Å². The lowest BCUT2D eigenvalue weighted by molar-refractivity contribution is -0.126. The van der Waals surface area contributed by atoms with Gasteiger partial charge in [0, 0.05) is 19.8 Å². The number of ketones is 1. The van der Waals surface area contributed by atoms with Crippen molar-refractivity contribution < 1.29 is 14.2 Å². The number of hydrogen-bond donors (Lipinski definition) is 1. The molecule has 0 aliphatic rings. The summed E-state index contributed by atoms with van der Waals surface area (Å²) in [4.78, 5) is 22.1. The molecule has 0 aromatic rings. The molecule has 0 saturated heterocycles. The van der Waals surface area contributed by atoms with E-state index in [4.69, 9.17) is 0 Å². The first-order valence-electron chi connectivity index (χ1n) is 4.65. The second kappa shape index (κ2) is 6.66. The van der Waals surface area contributed by atoms with Crippen LogP contribution >= 0.6 is 7.80 Å². The topological polar surface area (TPSA) is 63.2 Å². The van der Waals surface area contributed by atoms with Crippen LogP contribution in [0, 0.1) is 0 Å². The molecule has 0 heterocycles. The number of Topliss-reactive ketones (excluding diaryl/α,β-unsaturated/α-hetero) is 1. The van der Waals surface area contributed by atoms with Gasteiger partial charge in [-0.1, -0.05) is 11.5 Å². The summed E-state index contributed by atoms with van der Waals surface area (Å²) in [5.41, 5.74) is 0. The van der Waals surface area contributed by atoms with E-state index in [2.05, 4.69) is 5.32 Å². The minimum atomic E-state index is -1.24. The normalized spacial score (nSPS) is 13.2. The molecule has 2 atom stereocenters. The van der Waals surface area contributed by atoms with Gasteiger partial charge in [0.15, 0.2) is 5.78 Å². The minimum absolute atomic E-state index is 0.00273. The molecule has 1 N–H and O–H groups in total. The molecule has 0 saturated carbocycles. The molecule has 0 bridgehead atoms. The van der Waals surface area contributed by atoms with Gasteiger partial charge in [-0.2, -0.15) is 0 Å². The van der Waals surface area contributed by atoms with Gasteiger partial charge >= 0.3 is 7.80 Å². The van der Waals surface area contributed by atoms with Crippen LogP contribution in [0.4, 0.5) is 0 Å². The van der Waals surface area contributed by atoms with E-state index < -0.39 is 13.8 Å². The van der Waals surface area contributed by atoms with Crippen LogP contribution in [0.15, 0.2) is 0 Å².